The van der Waals surface area contributed by atoms with Crippen molar-refractivity contribution in [3.8, 4) is 11.1 Å². The zero-order chi connectivity index (χ0) is 21.0. The second-order valence-electron chi connectivity index (χ2n) is 7.90. The second kappa shape index (κ2) is 9.46. The number of amides is 1. The van der Waals surface area contributed by atoms with Crippen LogP contribution in [0.15, 0.2) is 48.5 Å². The summed E-state index contributed by atoms with van der Waals surface area (Å²) in [6, 6.07) is 15.1. The molecule has 0 aromatic heterocycles. The maximum Gasteiger partial charge on any atom is 0.327 e. The topological polar surface area (TPSA) is 92.4 Å². The molecule has 1 amide bonds. The van der Waals surface area contributed by atoms with Crippen LogP contribution in [0.25, 0.3) is 11.1 Å². The van der Waals surface area contributed by atoms with E-state index >= 15 is 0 Å². The molecule has 2 aromatic carbocycles. The molecule has 0 spiro atoms. The van der Waals surface area contributed by atoms with Crippen LogP contribution in [0.1, 0.15) is 37.3 Å². The number of carbonyl (C=O) groups excluding carboxylic acids is 1. The summed E-state index contributed by atoms with van der Waals surface area (Å²) in [4.78, 5) is 23.9. The lowest BCUT2D eigenvalue weighted by molar-refractivity contribution is -0.141. The maximum atomic E-state index is 12.2. The first-order valence-electron chi connectivity index (χ1n) is 9.93. The SMILES string of the molecule is CC(C)C[C@H](N)C(=O)N[C@@H](CSCC1c2ccccc2-c2ccccc21)C(=O)O. The van der Waals surface area contributed by atoms with Crippen LogP contribution in [0, 0.1) is 5.92 Å². The van der Waals surface area contributed by atoms with Crippen molar-refractivity contribution in [1.82, 2.24) is 5.32 Å². The number of rotatable bonds is 9. The number of benzene rings is 2. The molecule has 1 aliphatic rings. The van der Waals surface area contributed by atoms with Gasteiger partial charge < -0.3 is 16.2 Å². The van der Waals surface area contributed by atoms with Crippen LogP contribution in [0.2, 0.25) is 0 Å². The van der Waals surface area contributed by atoms with Gasteiger partial charge in [-0.25, -0.2) is 4.79 Å². The highest BCUT2D eigenvalue weighted by Crippen LogP contribution is 2.45. The number of aliphatic carboxylic acids is 1. The number of carboxylic acid groups (broad SMARTS) is 1. The minimum atomic E-state index is -1.03. The third-order valence-corrected chi connectivity index (χ3v) is 6.35. The lowest BCUT2D eigenvalue weighted by Crippen LogP contribution is -2.49. The van der Waals surface area contributed by atoms with E-state index in [-0.39, 0.29) is 11.8 Å². The van der Waals surface area contributed by atoms with Gasteiger partial charge >= 0.3 is 5.97 Å². The van der Waals surface area contributed by atoms with Crippen LogP contribution in [0.3, 0.4) is 0 Å². The molecule has 0 saturated heterocycles. The summed E-state index contributed by atoms with van der Waals surface area (Å²) in [5.41, 5.74) is 10.9. The normalized spacial score (nSPS) is 14.9. The quantitative estimate of drug-likeness (QED) is 0.586. The second-order valence-corrected chi connectivity index (χ2v) is 8.97. The molecule has 0 heterocycles. The van der Waals surface area contributed by atoms with Crippen molar-refractivity contribution in [3.63, 3.8) is 0 Å². The van der Waals surface area contributed by atoms with E-state index in [1.807, 2.05) is 38.1 Å². The molecule has 6 heteroatoms. The maximum absolute atomic E-state index is 12.2. The molecule has 0 radical (unpaired) electrons. The van der Waals surface area contributed by atoms with Crippen LogP contribution in [-0.2, 0) is 9.59 Å². The van der Waals surface area contributed by atoms with Crippen LogP contribution < -0.4 is 11.1 Å². The Kier molecular flexibility index (Phi) is 6.98. The van der Waals surface area contributed by atoms with Crippen molar-refractivity contribution in [1.29, 1.82) is 0 Å². The fraction of sp³-hybridized carbons (Fsp3) is 0.391. The van der Waals surface area contributed by atoms with Crippen LogP contribution in [-0.4, -0.2) is 40.6 Å². The summed E-state index contributed by atoms with van der Waals surface area (Å²) in [5.74, 6) is 0.122. The highest BCUT2D eigenvalue weighted by atomic mass is 32.2. The molecular weight excluding hydrogens is 384 g/mol. The largest absolute Gasteiger partial charge is 0.480 e. The molecule has 0 bridgehead atoms. The monoisotopic (exact) mass is 412 g/mol. The van der Waals surface area contributed by atoms with E-state index in [1.165, 1.54) is 22.3 Å². The van der Waals surface area contributed by atoms with Crippen molar-refractivity contribution in [2.45, 2.75) is 38.3 Å². The summed E-state index contributed by atoms with van der Waals surface area (Å²) >= 11 is 1.55. The number of carboxylic acids is 1. The van der Waals surface area contributed by atoms with Crippen molar-refractivity contribution in [2.24, 2.45) is 11.7 Å². The van der Waals surface area contributed by atoms with Gasteiger partial charge in [-0.15, -0.1) is 0 Å². The molecule has 0 saturated carbocycles. The third kappa shape index (κ3) is 5.00. The van der Waals surface area contributed by atoms with Gasteiger partial charge in [0.25, 0.3) is 0 Å². The van der Waals surface area contributed by atoms with Crippen LogP contribution in [0.5, 0.6) is 0 Å². The fourth-order valence-electron chi connectivity index (χ4n) is 3.81. The van der Waals surface area contributed by atoms with Gasteiger partial charge in [0.2, 0.25) is 5.91 Å². The first kappa shape index (κ1) is 21.4. The van der Waals surface area contributed by atoms with Gasteiger partial charge in [0.1, 0.15) is 6.04 Å². The van der Waals surface area contributed by atoms with Gasteiger partial charge in [0.05, 0.1) is 6.04 Å². The van der Waals surface area contributed by atoms with E-state index in [1.54, 1.807) is 11.8 Å². The van der Waals surface area contributed by atoms with Gasteiger partial charge in [-0.2, -0.15) is 11.8 Å². The number of hydrogen-bond donors (Lipinski definition) is 3. The van der Waals surface area contributed by atoms with Gasteiger partial charge in [0.15, 0.2) is 0 Å². The zero-order valence-corrected chi connectivity index (χ0v) is 17.6. The summed E-state index contributed by atoms with van der Waals surface area (Å²) in [7, 11) is 0. The van der Waals surface area contributed by atoms with Crippen molar-refractivity contribution < 1.29 is 14.7 Å². The molecule has 3 rings (SSSR count). The molecule has 29 heavy (non-hydrogen) atoms. The first-order chi connectivity index (χ1) is 13.9. The minimum absolute atomic E-state index is 0.223. The lowest BCUT2D eigenvalue weighted by Gasteiger charge is -2.20. The Bertz CT molecular complexity index is 838. The van der Waals surface area contributed by atoms with E-state index < -0.39 is 24.0 Å². The summed E-state index contributed by atoms with van der Waals surface area (Å²) < 4.78 is 0. The first-order valence-corrected chi connectivity index (χ1v) is 11.1. The minimum Gasteiger partial charge on any atom is -0.480 e. The van der Waals surface area contributed by atoms with E-state index in [9.17, 15) is 14.7 Å². The molecule has 4 N–H and O–H groups in total. The van der Waals surface area contributed by atoms with Crippen molar-refractivity contribution in [2.75, 3.05) is 11.5 Å². The highest BCUT2D eigenvalue weighted by Gasteiger charge is 2.29. The standard InChI is InChI=1S/C23H28N2O3S/c1-14(2)11-20(24)22(26)25-21(23(27)28)13-29-12-19-17-9-5-3-7-15(17)16-8-4-6-10-18(16)19/h3-10,14,19-21H,11-13,24H2,1-2H3,(H,25,26)(H,27,28)/t20-,21-/m0/s1. The van der Waals surface area contributed by atoms with Gasteiger partial charge in [-0.05, 0) is 34.6 Å². The molecule has 0 unspecified atom stereocenters. The number of nitrogens with one attached hydrogen (secondary N) is 1. The Hall–Kier alpha value is -2.31. The van der Waals surface area contributed by atoms with E-state index in [0.29, 0.717) is 12.2 Å². The van der Waals surface area contributed by atoms with Crippen molar-refractivity contribution >= 4 is 23.6 Å². The number of hydrogen-bond acceptors (Lipinski definition) is 4. The Morgan fingerprint density at radius 3 is 2.14 bits per heavy atom. The number of thioether (sulfide) groups is 1. The third-order valence-electron chi connectivity index (χ3n) is 5.21. The highest BCUT2D eigenvalue weighted by molar-refractivity contribution is 7.99. The van der Waals surface area contributed by atoms with E-state index in [2.05, 4.69) is 29.6 Å². The average Bonchev–Trinajstić information content (AvgIpc) is 3.00. The van der Waals surface area contributed by atoms with Gasteiger partial charge in [-0.1, -0.05) is 62.4 Å². The Morgan fingerprint density at radius 1 is 1.07 bits per heavy atom. The Balaban J connectivity index is 1.63. The van der Waals surface area contributed by atoms with Crippen molar-refractivity contribution in [3.05, 3.63) is 59.7 Å². The number of fused-ring (bicyclic) bond motifs is 3. The summed E-state index contributed by atoms with van der Waals surface area (Å²) in [6.07, 6.45) is 0.529. The van der Waals surface area contributed by atoms with Gasteiger partial charge in [0, 0.05) is 17.4 Å². The number of nitrogens with two attached hydrogens (primary N) is 1. The Morgan fingerprint density at radius 2 is 1.62 bits per heavy atom. The van der Waals surface area contributed by atoms with E-state index in [0.717, 1.165) is 5.75 Å². The molecule has 5 nitrogen and oxygen atoms in total. The summed E-state index contributed by atoms with van der Waals surface area (Å²) in [6.45, 7) is 3.96. The van der Waals surface area contributed by atoms with Crippen LogP contribution in [0.4, 0.5) is 0 Å². The lowest BCUT2D eigenvalue weighted by atomic mass is 9.99. The molecular formula is C23H28N2O3S. The summed E-state index contributed by atoms with van der Waals surface area (Å²) in [5, 5.41) is 12.1. The van der Waals surface area contributed by atoms with Crippen LogP contribution >= 0.6 is 11.8 Å². The molecule has 154 valence electrons. The van der Waals surface area contributed by atoms with Gasteiger partial charge in [-0.3, -0.25) is 4.79 Å². The predicted molar refractivity (Wildman–Crippen MR) is 118 cm³/mol. The smallest absolute Gasteiger partial charge is 0.327 e. The molecule has 2 aromatic rings. The predicted octanol–water partition coefficient (Wildman–Crippen LogP) is 3.47. The molecule has 1 aliphatic carbocycles. The fourth-order valence-corrected chi connectivity index (χ4v) is 5.00. The molecule has 2 atom stereocenters. The zero-order valence-electron chi connectivity index (χ0n) is 16.8. The number of carbonyl (C=O) groups is 2. The Labute approximate surface area is 176 Å². The van der Waals surface area contributed by atoms with E-state index in [4.69, 9.17) is 5.73 Å². The average molecular weight is 413 g/mol. The molecule has 0 fully saturated rings. The molecule has 0 aliphatic heterocycles.